The van der Waals surface area contributed by atoms with Gasteiger partial charge in [0.15, 0.2) is 0 Å². The third-order valence-corrected chi connectivity index (χ3v) is 5.73. The molecule has 31 heavy (non-hydrogen) atoms. The molecule has 1 aliphatic rings. The summed E-state index contributed by atoms with van der Waals surface area (Å²) in [7, 11) is 0. The number of rotatable bonds is 5. The van der Waals surface area contributed by atoms with Gasteiger partial charge < -0.3 is 5.32 Å². The molecule has 0 bridgehead atoms. The van der Waals surface area contributed by atoms with Crippen LogP contribution < -0.4 is 16.2 Å². The summed E-state index contributed by atoms with van der Waals surface area (Å²) in [6.45, 7) is 4.01. The van der Waals surface area contributed by atoms with Crippen molar-refractivity contribution in [2.45, 2.75) is 45.2 Å². The van der Waals surface area contributed by atoms with E-state index in [4.69, 9.17) is 0 Å². The summed E-state index contributed by atoms with van der Waals surface area (Å²) in [5, 5.41) is 8.53. The van der Waals surface area contributed by atoms with Crippen molar-refractivity contribution in [2.24, 2.45) is 0 Å². The molecule has 2 atom stereocenters. The van der Waals surface area contributed by atoms with E-state index in [-0.39, 0.29) is 36.3 Å². The van der Waals surface area contributed by atoms with Crippen LogP contribution in [-0.4, -0.2) is 27.5 Å². The maximum Gasteiger partial charge on any atom is 0.275 e. The molecule has 8 nitrogen and oxygen atoms in total. The van der Waals surface area contributed by atoms with Crippen molar-refractivity contribution in [3.63, 3.8) is 0 Å². The van der Waals surface area contributed by atoms with E-state index in [1.807, 2.05) is 31.2 Å². The number of aromatic amines is 1. The van der Waals surface area contributed by atoms with Crippen LogP contribution in [0, 0.1) is 0 Å². The molecule has 1 saturated heterocycles. The van der Waals surface area contributed by atoms with Gasteiger partial charge in [-0.1, -0.05) is 31.2 Å². The number of piperidine rings is 1. The fourth-order valence-electron chi connectivity index (χ4n) is 3.83. The number of fused-ring (bicyclic) bond motifs is 1. The van der Waals surface area contributed by atoms with Crippen LogP contribution in [0.15, 0.2) is 47.3 Å². The Hall–Kier alpha value is -3.68. The molecule has 1 aliphatic heterocycles. The number of nitrogens with one attached hydrogen (secondary N) is 3. The predicted molar refractivity (Wildman–Crippen MR) is 116 cm³/mol. The monoisotopic (exact) mass is 420 g/mol. The lowest BCUT2D eigenvalue weighted by Crippen LogP contribution is -2.44. The zero-order chi connectivity index (χ0) is 22.1. The second-order valence-electron chi connectivity index (χ2n) is 7.80. The highest BCUT2D eigenvalue weighted by Crippen LogP contribution is 2.20. The number of imide groups is 1. The topological polar surface area (TPSA) is 113 Å². The Morgan fingerprint density at radius 3 is 2.58 bits per heavy atom. The molecule has 0 radical (unpaired) electrons. The number of carbonyl (C=O) groups excluding carboxylic acids is 3. The summed E-state index contributed by atoms with van der Waals surface area (Å²) in [5.74, 6) is -1.11. The fraction of sp³-hybridized carbons (Fsp3) is 0.304. The van der Waals surface area contributed by atoms with Crippen LogP contribution in [0.3, 0.4) is 0 Å². The number of carbonyl (C=O) groups is 3. The maximum atomic E-state index is 12.8. The van der Waals surface area contributed by atoms with Crippen molar-refractivity contribution in [3.8, 4) is 0 Å². The molecule has 0 aliphatic carbocycles. The van der Waals surface area contributed by atoms with Crippen molar-refractivity contribution in [1.82, 2.24) is 20.4 Å². The zero-order valence-corrected chi connectivity index (χ0v) is 17.4. The minimum Gasteiger partial charge on any atom is -0.346 e. The van der Waals surface area contributed by atoms with E-state index in [1.54, 1.807) is 18.2 Å². The summed E-state index contributed by atoms with van der Waals surface area (Å²) in [6.07, 6.45) is 1.37. The highest BCUT2D eigenvalue weighted by molar-refractivity contribution is 6.00. The van der Waals surface area contributed by atoms with E-state index in [9.17, 15) is 19.2 Å². The van der Waals surface area contributed by atoms with Gasteiger partial charge in [-0.05, 0) is 49.1 Å². The predicted octanol–water partition coefficient (Wildman–Crippen LogP) is 2.36. The Morgan fingerprint density at radius 2 is 1.90 bits per heavy atom. The highest BCUT2D eigenvalue weighted by atomic mass is 16.2. The number of amides is 3. The third kappa shape index (κ3) is 4.01. The van der Waals surface area contributed by atoms with Gasteiger partial charge in [-0.25, -0.2) is 4.68 Å². The molecule has 8 heteroatoms. The van der Waals surface area contributed by atoms with Crippen LogP contribution >= 0.6 is 0 Å². The molecular weight excluding hydrogens is 396 g/mol. The number of aryl methyl sites for hydroxylation is 1. The van der Waals surface area contributed by atoms with Crippen molar-refractivity contribution in [1.29, 1.82) is 0 Å². The smallest absolute Gasteiger partial charge is 0.275 e. The number of benzene rings is 2. The quantitative estimate of drug-likeness (QED) is 0.550. The Morgan fingerprint density at radius 1 is 1.16 bits per heavy atom. The lowest BCUT2D eigenvalue weighted by molar-refractivity contribution is -0.136. The van der Waals surface area contributed by atoms with E-state index >= 15 is 0 Å². The van der Waals surface area contributed by atoms with E-state index in [0.717, 1.165) is 12.0 Å². The van der Waals surface area contributed by atoms with Crippen LogP contribution in [-0.2, 0) is 16.0 Å². The SMILES string of the molecule is CCc1ccc([C@H](C)NC(=O)c2ccc3c(=O)n(C4CCC(=O)NC4=O)[nH]c3c2)cc1. The van der Waals surface area contributed by atoms with Gasteiger partial charge in [-0.15, -0.1) is 0 Å². The molecule has 160 valence electrons. The van der Waals surface area contributed by atoms with Crippen LogP contribution in [0.4, 0.5) is 0 Å². The lowest BCUT2D eigenvalue weighted by atomic mass is 10.0. The van der Waals surface area contributed by atoms with Crippen LogP contribution in [0.2, 0.25) is 0 Å². The number of aromatic nitrogens is 2. The zero-order valence-electron chi connectivity index (χ0n) is 17.4. The summed E-state index contributed by atoms with van der Waals surface area (Å²) in [4.78, 5) is 49.0. The molecule has 2 heterocycles. The van der Waals surface area contributed by atoms with Crippen LogP contribution in [0.25, 0.3) is 10.9 Å². The average molecular weight is 420 g/mol. The van der Waals surface area contributed by atoms with Gasteiger partial charge in [-0.2, -0.15) is 0 Å². The Bertz CT molecular complexity index is 1220. The van der Waals surface area contributed by atoms with Gasteiger partial charge in [0.05, 0.1) is 16.9 Å². The van der Waals surface area contributed by atoms with Crippen molar-refractivity contribution in [2.75, 3.05) is 0 Å². The van der Waals surface area contributed by atoms with E-state index in [0.29, 0.717) is 16.5 Å². The molecule has 1 aromatic heterocycles. The molecule has 3 N–H and O–H groups in total. The first-order valence-corrected chi connectivity index (χ1v) is 10.3. The lowest BCUT2D eigenvalue weighted by Gasteiger charge is -2.20. The van der Waals surface area contributed by atoms with Gasteiger partial charge in [-0.3, -0.25) is 29.6 Å². The van der Waals surface area contributed by atoms with Crippen LogP contribution in [0.1, 0.15) is 60.3 Å². The first-order valence-electron chi connectivity index (χ1n) is 10.3. The normalized spacial score (nSPS) is 17.4. The minimum atomic E-state index is -0.777. The van der Waals surface area contributed by atoms with Gasteiger partial charge >= 0.3 is 0 Å². The van der Waals surface area contributed by atoms with E-state index < -0.39 is 11.9 Å². The third-order valence-electron chi connectivity index (χ3n) is 5.73. The molecule has 0 saturated carbocycles. The second-order valence-corrected chi connectivity index (χ2v) is 7.80. The van der Waals surface area contributed by atoms with Gasteiger partial charge in [0.25, 0.3) is 17.4 Å². The minimum absolute atomic E-state index is 0.170. The summed E-state index contributed by atoms with van der Waals surface area (Å²) >= 11 is 0. The molecule has 3 aromatic rings. The molecule has 1 unspecified atom stereocenters. The van der Waals surface area contributed by atoms with Gasteiger partial charge in [0, 0.05) is 12.0 Å². The highest BCUT2D eigenvalue weighted by Gasteiger charge is 2.30. The average Bonchev–Trinajstić information content (AvgIpc) is 3.09. The number of hydrogen-bond acceptors (Lipinski definition) is 4. The number of H-pyrrole nitrogens is 1. The molecule has 1 fully saturated rings. The maximum absolute atomic E-state index is 12.8. The fourth-order valence-corrected chi connectivity index (χ4v) is 3.83. The molecule has 0 spiro atoms. The van der Waals surface area contributed by atoms with Gasteiger partial charge in [0.2, 0.25) is 5.91 Å². The van der Waals surface area contributed by atoms with E-state index in [1.165, 1.54) is 10.2 Å². The van der Waals surface area contributed by atoms with E-state index in [2.05, 4.69) is 22.7 Å². The molecular formula is C23H24N4O4. The summed E-state index contributed by atoms with van der Waals surface area (Å²) < 4.78 is 1.23. The first-order chi connectivity index (χ1) is 14.9. The van der Waals surface area contributed by atoms with Crippen LogP contribution in [0.5, 0.6) is 0 Å². The summed E-state index contributed by atoms with van der Waals surface area (Å²) in [5.41, 5.74) is 2.74. The largest absolute Gasteiger partial charge is 0.346 e. The van der Waals surface area contributed by atoms with Crippen molar-refractivity contribution < 1.29 is 14.4 Å². The summed E-state index contributed by atoms with van der Waals surface area (Å²) in [6, 6.07) is 11.9. The standard InChI is InChI=1S/C23H24N4O4/c1-3-14-4-6-15(7-5-14)13(2)24-21(29)16-8-9-17-18(12-16)26-27(23(17)31)19-10-11-20(28)25-22(19)30/h4-9,12-13,19,26H,3,10-11H2,1-2H3,(H,24,29)(H,25,28,30)/t13-,19?/m0/s1. The van der Waals surface area contributed by atoms with Crippen molar-refractivity contribution in [3.05, 3.63) is 69.5 Å². The second kappa shape index (κ2) is 8.22. The molecule has 3 amide bonds. The Balaban J connectivity index is 1.55. The van der Waals surface area contributed by atoms with Gasteiger partial charge in [0.1, 0.15) is 6.04 Å². The number of hydrogen-bond donors (Lipinski definition) is 3. The number of nitrogens with zero attached hydrogens (tertiary/aromatic N) is 1. The first kappa shape index (κ1) is 20.6. The molecule has 4 rings (SSSR count). The Kier molecular flexibility index (Phi) is 5.46. The molecule has 2 aromatic carbocycles. The Labute approximate surface area is 178 Å². The van der Waals surface area contributed by atoms with Crippen molar-refractivity contribution >= 4 is 28.6 Å².